The van der Waals surface area contributed by atoms with Crippen molar-refractivity contribution in [3.05, 3.63) is 0 Å². The summed E-state index contributed by atoms with van der Waals surface area (Å²) in [6.45, 7) is 4.31. The van der Waals surface area contributed by atoms with Crippen LogP contribution in [0.1, 0.15) is 64.7 Å². The number of nitrogens with zero attached hydrogens (tertiary/aromatic N) is 1. The summed E-state index contributed by atoms with van der Waals surface area (Å²) in [4.78, 5) is 14.0. The van der Waals surface area contributed by atoms with E-state index >= 15 is 0 Å². The molecule has 1 amide bonds. The molecule has 18 heavy (non-hydrogen) atoms. The predicted molar refractivity (Wildman–Crippen MR) is 76.7 cm³/mol. The highest BCUT2D eigenvalue weighted by Gasteiger charge is 2.21. The first-order valence-electron chi connectivity index (χ1n) is 7.72. The molecule has 1 saturated heterocycles. The molecule has 0 bridgehead atoms. The minimum Gasteiger partial charge on any atom is -0.342 e. The van der Waals surface area contributed by atoms with E-state index in [1.807, 2.05) is 11.9 Å². The van der Waals surface area contributed by atoms with Crippen LogP contribution in [0.4, 0.5) is 0 Å². The molecule has 0 radical (unpaired) electrons. The van der Waals surface area contributed by atoms with Crippen LogP contribution in [0.3, 0.4) is 0 Å². The third-order valence-electron chi connectivity index (χ3n) is 3.96. The number of nitrogens with one attached hydrogen (secondary N) is 1. The molecule has 0 saturated carbocycles. The number of piperidine rings is 1. The number of rotatable bonds is 8. The number of likely N-dealkylation sites (N-methyl/N-ethyl adjacent to an activating group) is 1. The maximum Gasteiger partial charge on any atom is 0.222 e. The quantitative estimate of drug-likeness (QED) is 0.675. The van der Waals surface area contributed by atoms with Crippen molar-refractivity contribution in [1.82, 2.24) is 10.2 Å². The van der Waals surface area contributed by atoms with Crippen LogP contribution in [0.25, 0.3) is 0 Å². The van der Waals surface area contributed by atoms with Crippen LogP contribution in [0.15, 0.2) is 0 Å². The highest BCUT2D eigenvalue weighted by atomic mass is 16.2. The zero-order valence-corrected chi connectivity index (χ0v) is 12.2. The second kappa shape index (κ2) is 9.37. The largest absolute Gasteiger partial charge is 0.342 e. The molecule has 0 aromatic carbocycles. The minimum absolute atomic E-state index is 0.333. The Morgan fingerprint density at radius 3 is 2.61 bits per heavy atom. The Hall–Kier alpha value is -0.570. The summed E-state index contributed by atoms with van der Waals surface area (Å²) < 4.78 is 0. The third kappa shape index (κ3) is 5.85. The van der Waals surface area contributed by atoms with E-state index in [0.717, 1.165) is 32.4 Å². The molecule has 0 spiro atoms. The number of amides is 1. The molecule has 1 unspecified atom stereocenters. The number of carbonyl (C=O) groups is 1. The second-order valence-electron chi connectivity index (χ2n) is 5.52. The SMILES string of the molecule is CCCCCCCCC(=O)N(C)C1CCCNC1. The van der Waals surface area contributed by atoms with Gasteiger partial charge >= 0.3 is 0 Å². The van der Waals surface area contributed by atoms with Gasteiger partial charge in [-0.2, -0.15) is 0 Å². The average Bonchev–Trinajstić information content (AvgIpc) is 2.42. The zero-order valence-electron chi connectivity index (χ0n) is 12.2. The molecular weight excluding hydrogens is 224 g/mol. The molecule has 0 aromatic heterocycles. The summed E-state index contributed by atoms with van der Waals surface area (Å²) in [5.41, 5.74) is 0. The lowest BCUT2D eigenvalue weighted by atomic mass is 10.0. The third-order valence-corrected chi connectivity index (χ3v) is 3.96. The predicted octanol–water partition coefficient (Wildman–Crippen LogP) is 2.95. The van der Waals surface area contributed by atoms with Crippen molar-refractivity contribution in [2.75, 3.05) is 20.1 Å². The van der Waals surface area contributed by atoms with Gasteiger partial charge in [0.2, 0.25) is 5.91 Å². The summed E-state index contributed by atoms with van der Waals surface area (Å²) in [7, 11) is 1.97. The van der Waals surface area contributed by atoms with Gasteiger partial charge in [-0.05, 0) is 25.8 Å². The summed E-state index contributed by atoms with van der Waals surface area (Å²) in [5, 5.41) is 3.37. The molecule has 1 atom stereocenters. The van der Waals surface area contributed by atoms with E-state index in [9.17, 15) is 4.79 Å². The van der Waals surface area contributed by atoms with Gasteiger partial charge in [0.05, 0.1) is 0 Å². The van der Waals surface area contributed by atoms with Crippen molar-refractivity contribution in [2.24, 2.45) is 0 Å². The van der Waals surface area contributed by atoms with Gasteiger partial charge in [0.1, 0.15) is 0 Å². The van der Waals surface area contributed by atoms with E-state index in [0.29, 0.717) is 11.9 Å². The molecule has 1 rings (SSSR count). The maximum absolute atomic E-state index is 12.0. The van der Waals surface area contributed by atoms with Crippen LogP contribution in [0.5, 0.6) is 0 Å². The molecule has 0 aliphatic carbocycles. The first-order chi connectivity index (χ1) is 8.75. The van der Waals surface area contributed by atoms with Crippen molar-refractivity contribution in [1.29, 1.82) is 0 Å². The number of carbonyl (C=O) groups excluding carboxylic acids is 1. The highest BCUT2D eigenvalue weighted by Crippen LogP contribution is 2.12. The molecular formula is C15H30N2O. The molecule has 3 heteroatoms. The van der Waals surface area contributed by atoms with Crippen molar-refractivity contribution in [3.8, 4) is 0 Å². The second-order valence-corrected chi connectivity index (χ2v) is 5.52. The summed E-state index contributed by atoms with van der Waals surface area (Å²) in [6.07, 6.45) is 10.6. The summed E-state index contributed by atoms with van der Waals surface area (Å²) in [5.74, 6) is 0.333. The van der Waals surface area contributed by atoms with Crippen LogP contribution >= 0.6 is 0 Å². The molecule has 3 nitrogen and oxygen atoms in total. The molecule has 1 aliphatic heterocycles. The fourth-order valence-electron chi connectivity index (χ4n) is 2.60. The normalized spacial score (nSPS) is 19.8. The lowest BCUT2D eigenvalue weighted by Crippen LogP contribution is -2.46. The Bertz CT molecular complexity index is 225. The summed E-state index contributed by atoms with van der Waals surface area (Å²) in [6, 6.07) is 0.423. The van der Waals surface area contributed by atoms with Crippen LogP contribution in [0.2, 0.25) is 0 Å². The fraction of sp³-hybridized carbons (Fsp3) is 0.933. The Kier molecular flexibility index (Phi) is 8.06. The molecule has 1 fully saturated rings. The van der Waals surface area contributed by atoms with E-state index < -0.39 is 0 Å². The van der Waals surface area contributed by atoms with Crippen LogP contribution < -0.4 is 5.32 Å². The fourth-order valence-corrected chi connectivity index (χ4v) is 2.60. The Morgan fingerprint density at radius 1 is 1.22 bits per heavy atom. The van der Waals surface area contributed by atoms with Crippen molar-refractivity contribution in [3.63, 3.8) is 0 Å². The summed E-state index contributed by atoms with van der Waals surface area (Å²) >= 11 is 0. The van der Waals surface area contributed by atoms with Crippen molar-refractivity contribution in [2.45, 2.75) is 70.8 Å². The van der Waals surface area contributed by atoms with E-state index in [1.54, 1.807) is 0 Å². The number of hydrogen-bond acceptors (Lipinski definition) is 2. The van der Waals surface area contributed by atoms with E-state index in [-0.39, 0.29) is 0 Å². The van der Waals surface area contributed by atoms with Gasteiger partial charge < -0.3 is 10.2 Å². The van der Waals surface area contributed by atoms with E-state index in [1.165, 1.54) is 38.5 Å². The Labute approximate surface area is 112 Å². The van der Waals surface area contributed by atoms with Crippen LogP contribution in [0, 0.1) is 0 Å². The Morgan fingerprint density at radius 2 is 1.94 bits per heavy atom. The van der Waals surface area contributed by atoms with Gasteiger partial charge in [-0.3, -0.25) is 4.79 Å². The molecule has 106 valence electrons. The van der Waals surface area contributed by atoms with Gasteiger partial charge in [-0.1, -0.05) is 39.0 Å². The molecule has 1 heterocycles. The standard InChI is InChI=1S/C15H30N2O/c1-3-4-5-6-7-8-11-15(18)17(2)14-10-9-12-16-13-14/h14,16H,3-13H2,1-2H3. The topological polar surface area (TPSA) is 32.3 Å². The van der Waals surface area contributed by atoms with Crippen LogP contribution in [-0.2, 0) is 4.79 Å². The van der Waals surface area contributed by atoms with Crippen molar-refractivity contribution >= 4 is 5.91 Å². The number of hydrogen-bond donors (Lipinski definition) is 1. The van der Waals surface area contributed by atoms with Gasteiger partial charge in [0.15, 0.2) is 0 Å². The average molecular weight is 254 g/mol. The maximum atomic E-state index is 12.0. The van der Waals surface area contributed by atoms with Crippen LogP contribution in [-0.4, -0.2) is 37.0 Å². The first-order valence-corrected chi connectivity index (χ1v) is 7.72. The Balaban J connectivity index is 2.07. The lowest BCUT2D eigenvalue weighted by Gasteiger charge is -2.31. The smallest absolute Gasteiger partial charge is 0.222 e. The highest BCUT2D eigenvalue weighted by molar-refractivity contribution is 5.76. The monoisotopic (exact) mass is 254 g/mol. The first kappa shape index (κ1) is 15.5. The van der Waals surface area contributed by atoms with E-state index in [4.69, 9.17) is 0 Å². The molecule has 0 aromatic rings. The van der Waals surface area contributed by atoms with Gasteiger partial charge in [0.25, 0.3) is 0 Å². The van der Waals surface area contributed by atoms with Gasteiger partial charge in [-0.15, -0.1) is 0 Å². The molecule has 1 aliphatic rings. The molecule has 1 N–H and O–H groups in total. The van der Waals surface area contributed by atoms with Gasteiger partial charge in [-0.25, -0.2) is 0 Å². The van der Waals surface area contributed by atoms with Gasteiger partial charge in [0, 0.05) is 26.1 Å². The minimum atomic E-state index is 0.333. The lowest BCUT2D eigenvalue weighted by molar-refractivity contribution is -0.132. The zero-order chi connectivity index (χ0) is 13.2. The number of unbranched alkanes of at least 4 members (excludes halogenated alkanes) is 5. The van der Waals surface area contributed by atoms with E-state index in [2.05, 4.69) is 12.2 Å². The van der Waals surface area contributed by atoms with Crippen molar-refractivity contribution < 1.29 is 4.79 Å².